The number of allylic oxidation sites excluding steroid dienone is 1. The molecule has 4 nitrogen and oxygen atoms in total. The molecule has 0 unspecified atom stereocenters. The molecule has 0 spiro atoms. The number of rotatable bonds is 4. The molecule has 0 fully saturated rings. The zero-order chi connectivity index (χ0) is 13.9. The summed E-state index contributed by atoms with van der Waals surface area (Å²) in [7, 11) is 1.29. The summed E-state index contributed by atoms with van der Waals surface area (Å²) in [6.07, 6.45) is 1.34. The van der Waals surface area contributed by atoms with Crippen LogP contribution in [0.2, 0.25) is 0 Å². The van der Waals surface area contributed by atoms with Crippen LogP contribution in [-0.4, -0.2) is 23.7 Å². The summed E-state index contributed by atoms with van der Waals surface area (Å²) in [4.78, 5) is 15.3. The standard InChI is InChI=1S/C12H14BrFN2O2/c1-7(12(2,3)14)16-10-9(13)5-8(6-15-10)11(17)18-4/h5-6H,1H2,2-4H3,(H,15,16). The number of halogens is 2. The van der Waals surface area contributed by atoms with Crippen molar-refractivity contribution < 1.29 is 13.9 Å². The van der Waals surface area contributed by atoms with Crippen LogP contribution in [0.5, 0.6) is 0 Å². The first kappa shape index (κ1) is 14.6. The molecule has 0 radical (unpaired) electrons. The first-order valence-electron chi connectivity index (χ1n) is 5.15. The summed E-state index contributed by atoms with van der Waals surface area (Å²) in [6, 6.07) is 1.54. The minimum Gasteiger partial charge on any atom is -0.465 e. The van der Waals surface area contributed by atoms with Gasteiger partial charge in [0.2, 0.25) is 0 Å². The molecule has 0 amide bonds. The molecule has 0 saturated carbocycles. The Morgan fingerprint density at radius 1 is 1.61 bits per heavy atom. The maximum absolute atomic E-state index is 13.6. The number of aromatic nitrogens is 1. The van der Waals surface area contributed by atoms with E-state index in [1.165, 1.54) is 27.2 Å². The number of nitrogens with zero attached hydrogens (tertiary/aromatic N) is 1. The van der Waals surface area contributed by atoms with Crippen LogP contribution in [0.4, 0.5) is 10.2 Å². The summed E-state index contributed by atoms with van der Waals surface area (Å²) in [5, 5.41) is 2.75. The number of pyridine rings is 1. The molecule has 1 aromatic heterocycles. The lowest BCUT2D eigenvalue weighted by Crippen LogP contribution is -2.21. The van der Waals surface area contributed by atoms with Crippen molar-refractivity contribution in [3.8, 4) is 0 Å². The van der Waals surface area contributed by atoms with Crippen LogP contribution in [-0.2, 0) is 4.74 Å². The first-order chi connectivity index (χ1) is 8.25. The van der Waals surface area contributed by atoms with Gasteiger partial charge in [0.25, 0.3) is 0 Å². The molecule has 0 saturated heterocycles. The Morgan fingerprint density at radius 2 is 2.22 bits per heavy atom. The number of ether oxygens (including phenoxy) is 1. The van der Waals surface area contributed by atoms with Crippen LogP contribution < -0.4 is 5.32 Å². The van der Waals surface area contributed by atoms with Crippen molar-refractivity contribution in [2.75, 3.05) is 12.4 Å². The van der Waals surface area contributed by atoms with Crippen molar-refractivity contribution in [3.05, 3.63) is 34.6 Å². The molecule has 0 aliphatic heterocycles. The van der Waals surface area contributed by atoms with E-state index in [1.807, 2.05) is 0 Å². The Kier molecular flexibility index (Phi) is 4.45. The van der Waals surface area contributed by atoms with E-state index in [4.69, 9.17) is 0 Å². The summed E-state index contributed by atoms with van der Waals surface area (Å²) in [5.74, 6) is -0.0993. The van der Waals surface area contributed by atoms with Gasteiger partial charge in [-0.2, -0.15) is 0 Å². The topological polar surface area (TPSA) is 51.2 Å². The summed E-state index contributed by atoms with van der Waals surface area (Å²) in [6.45, 7) is 6.37. The summed E-state index contributed by atoms with van der Waals surface area (Å²) in [5.41, 5.74) is -1.08. The molecule has 1 rings (SSSR count). The second-order valence-corrected chi connectivity index (χ2v) is 4.98. The fourth-order valence-electron chi connectivity index (χ4n) is 1.05. The number of anilines is 1. The molecule has 0 bridgehead atoms. The molecule has 18 heavy (non-hydrogen) atoms. The predicted molar refractivity (Wildman–Crippen MR) is 71.2 cm³/mol. The van der Waals surface area contributed by atoms with Gasteiger partial charge in [-0.15, -0.1) is 0 Å². The molecule has 1 N–H and O–H groups in total. The zero-order valence-corrected chi connectivity index (χ0v) is 12.0. The van der Waals surface area contributed by atoms with Gasteiger partial charge in [0.15, 0.2) is 0 Å². The van der Waals surface area contributed by atoms with E-state index in [0.29, 0.717) is 15.9 Å². The number of methoxy groups -OCH3 is 1. The Bertz CT molecular complexity index is 483. The molecule has 0 aromatic carbocycles. The third kappa shape index (κ3) is 3.53. The van der Waals surface area contributed by atoms with E-state index < -0.39 is 11.6 Å². The molecule has 1 aromatic rings. The number of hydrogen-bond donors (Lipinski definition) is 1. The highest BCUT2D eigenvalue weighted by atomic mass is 79.9. The SMILES string of the molecule is C=C(Nc1ncc(C(=O)OC)cc1Br)C(C)(C)F. The quantitative estimate of drug-likeness (QED) is 0.866. The van der Waals surface area contributed by atoms with Crippen molar-refractivity contribution >= 4 is 27.7 Å². The second kappa shape index (κ2) is 5.48. The molecule has 0 atom stereocenters. The van der Waals surface area contributed by atoms with Gasteiger partial charge in [-0.25, -0.2) is 14.2 Å². The Balaban J connectivity index is 2.94. The average Bonchev–Trinajstić information content (AvgIpc) is 2.29. The molecular formula is C12H14BrFN2O2. The zero-order valence-electron chi connectivity index (χ0n) is 10.4. The van der Waals surface area contributed by atoms with Crippen molar-refractivity contribution in [1.82, 2.24) is 4.98 Å². The van der Waals surface area contributed by atoms with Crippen LogP contribution in [0.25, 0.3) is 0 Å². The first-order valence-corrected chi connectivity index (χ1v) is 5.94. The van der Waals surface area contributed by atoms with Crippen molar-refractivity contribution in [2.45, 2.75) is 19.5 Å². The van der Waals surface area contributed by atoms with Crippen molar-refractivity contribution in [1.29, 1.82) is 0 Å². The summed E-state index contributed by atoms with van der Waals surface area (Å²) < 4.78 is 18.7. The number of esters is 1. The minimum atomic E-state index is -1.57. The third-order valence-corrected chi connectivity index (χ3v) is 2.85. The number of hydrogen-bond acceptors (Lipinski definition) is 4. The maximum Gasteiger partial charge on any atom is 0.339 e. The van der Waals surface area contributed by atoms with E-state index in [-0.39, 0.29) is 5.70 Å². The predicted octanol–water partition coefficient (Wildman–Crippen LogP) is 3.30. The maximum atomic E-state index is 13.6. The monoisotopic (exact) mass is 316 g/mol. The smallest absolute Gasteiger partial charge is 0.339 e. The average molecular weight is 317 g/mol. The van der Waals surface area contributed by atoms with Gasteiger partial charge in [-0.3, -0.25) is 0 Å². The fourth-order valence-corrected chi connectivity index (χ4v) is 1.50. The lowest BCUT2D eigenvalue weighted by Gasteiger charge is -2.19. The highest BCUT2D eigenvalue weighted by Crippen LogP contribution is 2.26. The molecule has 0 aliphatic carbocycles. The Labute approximate surface area is 113 Å². The number of carbonyl (C=O) groups is 1. The van der Waals surface area contributed by atoms with Crippen molar-refractivity contribution in [3.63, 3.8) is 0 Å². The van der Waals surface area contributed by atoms with Crippen LogP contribution in [0, 0.1) is 0 Å². The third-order valence-electron chi connectivity index (χ3n) is 2.25. The van der Waals surface area contributed by atoms with Crippen LogP contribution in [0.3, 0.4) is 0 Å². The lowest BCUT2D eigenvalue weighted by molar-refractivity contribution is 0.0600. The van der Waals surface area contributed by atoms with Gasteiger partial charge < -0.3 is 10.1 Å². The van der Waals surface area contributed by atoms with E-state index in [1.54, 1.807) is 6.07 Å². The van der Waals surface area contributed by atoms with Gasteiger partial charge in [0.05, 0.1) is 17.1 Å². The number of nitrogens with one attached hydrogen (secondary N) is 1. The largest absolute Gasteiger partial charge is 0.465 e. The van der Waals surface area contributed by atoms with Crippen molar-refractivity contribution in [2.24, 2.45) is 0 Å². The molecular weight excluding hydrogens is 303 g/mol. The van der Waals surface area contributed by atoms with Gasteiger partial charge in [0, 0.05) is 11.9 Å². The Morgan fingerprint density at radius 3 is 2.67 bits per heavy atom. The molecule has 6 heteroatoms. The van der Waals surface area contributed by atoms with E-state index >= 15 is 0 Å². The van der Waals surface area contributed by atoms with E-state index in [2.05, 4.69) is 37.5 Å². The molecule has 98 valence electrons. The molecule has 1 heterocycles. The van der Waals surface area contributed by atoms with Gasteiger partial charge >= 0.3 is 5.97 Å². The molecule has 0 aliphatic rings. The summed E-state index contributed by atoms with van der Waals surface area (Å²) >= 11 is 3.24. The Hall–Kier alpha value is -1.43. The highest BCUT2D eigenvalue weighted by molar-refractivity contribution is 9.10. The number of alkyl halides is 1. The van der Waals surface area contributed by atoms with Crippen LogP contribution in [0.15, 0.2) is 29.0 Å². The van der Waals surface area contributed by atoms with E-state index in [9.17, 15) is 9.18 Å². The van der Waals surface area contributed by atoms with Crippen LogP contribution >= 0.6 is 15.9 Å². The van der Waals surface area contributed by atoms with Crippen LogP contribution in [0.1, 0.15) is 24.2 Å². The van der Waals surface area contributed by atoms with Gasteiger partial charge in [0.1, 0.15) is 11.5 Å². The van der Waals surface area contributed by atoms with Gasteiger partial charge in [-0.05, 0) is 35.8 Å². The second-order valence-electron chi connectivity index (χ2n) is 4.12. The minimum absolute atomic E-state index is 0.182. The lowest BCUT2D eigenvalue weighted by atomic mass is 10.1. The van der Waals surface area contributed by atoms with E-state index in [0.717, 1.165) is 0 Å². The normalized spacial score (nSPS) is 10.9. The number of carbonyl (C=O) groups excluding carboxylic acids is 1. The highest BCUT2D eigenvalue weighted by Gasteiger charge is 2.21. The fraction of sp³-hybridized carbons (Fsp3) is 0.333. The van der Waals surface area contributed by atoms with Gasteiger partial charge in [-0.1, -0.05) is 6.58 Å².